The van der Waals surface area contributed by atoms with Crippen molar-refractivity contribution in [2.24, 2.45) is 7.05 Å². The first-order valence-electron chi connectivity index (χ1n) is 10.2. The summed E-state index contributed by atoms with van der Waals surface area (Å²) in [6.07, 6.45) is -3.53. The number of alkyl halides is 3. The number of hydrogen-bond donors (Lipinski definition) is 0. The van der Waals surface area contributed by atoms with E-state index in [9.17, 15) is 22.8 Å². The second-order valence-electron chi connectivity index (χ2n) is 7.73. The van der Waals surface area contributed by atoms with Crippen LogP contribution in [0, 0.1) is 0 Å². The molecule has 3 aromatic heterocycles. The Labute approximate surface area is 184 Å². The van der Waals surface area contributed by atoms with Crippen LogP contribution in [0.3, 0.4) is 0 Å². The zero-order valence-corrected chi connectivity index (χ0v) is 17.5. The molecule has 8 nitrogen and oxygen atoms in total. The number of carbonyl (C=O) groups excluding carboxylic acids is 1. The molecule has 11 heteroatoms. The first-order valence-corrected chi connectivity index (χ1v) is 10.2. The molecule has 0 unspecified atom stereocenters. The van der Waals surface area contributed by atoms with Gasteiger partial charge in [-0.2, -0.15) is 18.3 Å². The summed E-state index contributed by atoms with van der Waals surface area (Å²) in [6.45, 7) is 1.85. The zero-order valence-electron chi connectivity index (χ0n) is 17.5. The summed E-state index contributed by atoms with van der Waals surface area (Å²) < 4.78 is 47.5. The highest BCUT2D eigenvalue weighted by molar-refractivity contribution is 5.98. The van der Waals surface area contributed by atoms with Crippen molar-refractivity contribution < 1.29 is 22.7 Å². The fourth-order valence-electron chi connectivity index (χ4n) is 3.93. The lowest BCUT2D eigenvalue weighted by molar-refractivity contribution is -0.141. The average molecular weight is 457 g/mol. The largest absolute Gasteiger partial charge is 0.433 e. The van der Waals surface area contributed by atoms with Gasteiger partial charge in [-0.1, -0.05) is 0 Å². The van der Waals surface area contributed by atoms with Crippen LogP contribution in [0.25, 0.3) is 27.8 Å². The van der Waals surface area contributed by atoms with E-state index in [4.69, 9.17) is 4.74 Å². The van der Waals surface area contributed by atoms with Crippen LogP contribution in [0.1, 0.15) is 16.1 Å². The number of fused-ring (bicyclic) bond motifs is 3. The molecule has 0 aliphatic carbocycles. The van der Waals surface area contributed by atoms with Crippen LogP contribution in [0.4, 0.5) is 13.2 Å². The maximum absolute atomic E-state index is 13.1. The van der Waals surface area contributed by atoms with E-state index in [1.807, 2.05) is 0 Å². The Morgan fingerprint density at radius 2 is 1.85 bits per heavy atom. The van der Waals surface area contributed by atoms with Crippen molar-refractivity contribution in [3.8, 4) is 11.3 Å². The van der Waals surface area contributed by atoms with Gasteiger partial charge in [0, 0.05) is 43.5 Å². The molecule has 33 heavy (non-hydrogen) atoms. The number of rotatable bonds is 2. The van der Waals surface area contributed by atoms with Gasteiger partial charge in [-0.15, -0.1) is 0 Å². The number of ether oxygens (including phenoxy) is 1. The molecule has 0 radical (unpaired) electrons. The van der Waals surface area contributed by atoms with E-state index in [0.29, 0.717) is 48.4 Å². The molecule has 0 spiro atoms. The lowest BCUT2D eigenvalue weighted by Gasteiger charge is -2.26. The van der Waals surface area contributed by atoms with Crippen molar-refractivity contribution in [3.63, 3.8) is 0 Å². The van der Waals surface area contributed by atoms with Gasteiger partial charge in [0.25, 0.3) is 11.5 Å². The molecule has 0 bridgehead atoms. The normalized spacial score (nSPS) is 14.8. The Bertz CT molecular complexity index is 1450. The highest BCUT2D eigenvalue weighted by Crippen LogP contribution is 2.30. The number of halogens is 3. The number of carbonyl (C=O) groups is 1. The van der Waals surface area contributed by atoms with Crippen LogP contribution < -0.4 is 5.56 Å². The minimum absolute atomic E-state index is 0.189. The Morgan fingerprint density at radius 3 is 2.58 bits per heavy atom. The first-order chi connectivity index (χ1) is 15.7. The summed E-state index contributed by atoms with van der Waals surface area (Å²) in [5, 5.41) is 4.80. The number of pyridine rings is 1. The predicted molar refractivity (Wildman–Crippen MR) is 113 cm³/mol. The third-order valence-corrected chi connectivity index (χ3v) is 5.69. The van der Waals surface area contributed by atoms with Crippen LogP contribution in [0.2, 0.25) is 0 Å². The van der Waals surface area contributed by atoms with E-state index in [1.165, 1.54) is 21.2 Å². The molecular weight excluding hydrogens is 439 g/mol. The van der Waals surface area contributed by atoms with Gasteiger partial charge in [-0.25, -0.2) is 4.52 Å². The quantitative estimate of drug-likeness (QED) is 0.463. The summed E-state index contributed by atoms with van der Waals surface area (Å²) in [4.78, 5) is 30.9. The molecule has 170 valence electrons. The number of benzene rings is 1. The van der Waals surface area contributed by atoms with Gasteiger partial charge >= 0.3 is 6.18 Å². The number of aryl methyl sites for hydroxylation is 1. The zero-order chi connectivity index (χ0) is 23.3. The van der Waals surface area contributed by atoms with Crippen LogP contribution in [-0.4, -0.2) is 56.3 Å². The molecule has 0 atom stereocenters. The smallest absolute Gasteiger partial charge is 0.378 e. The molecule has 1 aliphatic rings. The van der Waals surface area contributed by atoms with Gasteiger partial charge in [0.1, 0.15) is 11.3 Å². The van der Waals surface area contributed by atoms with Gasteiger partial charge in [0.2, 0.25) is 0 Å². The van der Waals surface area contributed by atoms with Crippen molar-refractivity contribution in [3.05, 3.63) is 64.2 Å². The van der Waals surface area contributed by atoms with E-state index in [1.54, 1.807) is 30.1 Å². The number of aromatic nitrogens is 4. The van der Waals surface area contributed by atoms with Crippen LogP contribution in [-0.2, 0) is 18.0 Å². The average Bonchev–Trinajstić information content (AvgIpc) is 3.28. The predicted octanol–water partition coefficient (Wildman–Crippen LogP) is 2.74. The molecule has 5 rings (SSSR count). The summed E-state index contributed by atoms with van der Waals surface area (Å²) >= 11 is 0. The minimum atomic E-state index is -4.59. The fraction of sp³-hybridized carbons (Fsp3) is 0.273. The highest BCUT2D eigenvalue weighted by atomic mass is 19.4. The van der Waals surface area contributed by atoms with Crippen molar-refractivity contribution in [2.45, 2.75) is 6.18 Å². The summed E-state index contributed by atoms with van der Waals surface area (Å²) in [5.74, 6) is -0.189. The van der Waals surface area contributed by atoms with Crippen LogP contribution in [0.5, 0.6) is 0 Å². The van der Waals surface area contributed by atoms with Gasteiger partial charge in [0.05, 0.1) is 29.8 Å². The Morgan fingerprint density at radius 1 is 1.09 bits per heavy atom. The molecular formula is C22H18F3N5O3. The monoisotopic (exact) mass is 457 g/mol. The molecule has 1 amide bonds. The maximum atomic E-state index is 13.1. The Hall–Kier alpha value is -3.73. The Kier molecular flexibility index (Phi) is 4.93. The molecule has 4 heterocycles. The van der Waals surface area contributed by atoms with E-state index < -0.39 is 11.9 Å². The molecule has 0 saturated carbocycles. The molecule has 1 saturated heterocycles. The maximum Gasteiger partial charge on any atom is 0.433 e. The number of nitrogens with zero attached hydrogens (tertiary/aromatic N) is 5. The fourth-order valence-corrected chi connectivity index (χ4v) is 3.93. The second kappa shape index (κ2) is 7.69. The van der Waals surface area contributed by atoms with Gasteiger partial charge in [-0.3, -0.25) is 19.1 Å². The molecule has 1 fully saturated rings. The molecule has 4 aromatic rings. The topological polar surface area (TPSA) is 81.7 Å². The molecule has 1 aliphatic heterocycles. The highest BCUT2D eigenvalue weighted by Gasteiger charge is 2.32. The van der Waals surface area contributed by atoms with E-state index in [-0.39, 0.29) is 22.7 Å². The van der Waals surface area contributed by atoms with Crippen LogP contribution in [0.15, 0.2) is 47.4 Å². The third-order valence-electron chi connectivity index (χ3n) is 5.69. The number of morpholine rings is 1. The van der Waals surface area contributed by atoms with E-state index in [0.717, 1.165) is 12.3 Å². The van der Waals surface area contributed by atoms with Crippen molar-refractivity contribution in [1.82, 2.24) is 24.1 Å². The van der Waals surface area contributed by atoms with Gasteiger partial charge in [-0.05, 0) is 30.3 Å². The van der Waals surface area contributed by atoms with Gasteiger partial charge in [0.15, 0.2) is 0 Å². The van der Waals surface area contributed by atoms with Crippen molar-refractivity contribution in [2.75, 3.05) is 26.3 Å². The van der Waals surface area contributed by atoms with Crippen molar-refractivity contribution >= 4 is 22.5 Å². The summed E-state index contributed by atoms with van der Waals surface area (Å²) in [7, 11) is 1.56. The van der Waals surface area contributed by atoms with Crippen LogP contribution >= 0.6 is 0 Å². The third kappa shape index (κ3) is 3.63. The SMILES string of the molecule is Cn1c(=O)c2ccc(C(=O)N3CCOCC3)cc2n2nc(-c3ccnc(C(F)(F)F)c3)cc12. The number of hydrogen-bond acceptors (Lipinski definition) is 5. The summed E-state index contributed by atoms with van der Waals surface area (Å²) in [5.41, 5.74) is 0.276. The van der Waals surface area contributed by atoms with E-state index >= 15 is 0 Å². The molecule has 1 aromatic carbocycles. The first kappa shape index (κ1) is 21.1. The number of amides is 1. The molecule has 0 N–H and O–H groups in total. The lowest BCUT2D eigenvalue weighted by atomic mass is 10.1. The minimum Gasteiger partial charge on any atom is -0.378 e. The van der Waals surface area contributed by atoms with Gasteiger partial charge < -0.3 is 9.64 Å². The lowest BCUT2D eigenvalue weighted by Crippen LogP contribution is -2.40. The Balaban J connectivity index is 1.67. The second-order valence-corrected chi connectivity index (χ2v) is 7.73. The summed E-state index contributed by atoms with van der Waals surface area (Å²) in [6, 6.07) is 8.62. The van der Waals surface area contributed by atoms with E-state index in [2.05, 4.69) is 10.1 Å². The standard InChI is InChI=1S/C22H18F3N5O3/c1-28-19-12-16(13-4-5-26-18(11-13)22(23,24)25)27-30(19)17-10-14(2-3-15(17)21(28)32)20(31)29-6-8-33-9-7-29/h2-5,10-12H,6-9H2,1H3. The van der Waals surface area contributed by atoms with Crippen molar-refractivity contribution in [1.29, 1.82) is 0 Å².